The summed E-state index contributed by atoms with van der Waals surface area (Å²) in [7, 11) is -3.16. The van der Waals surface area contributed by atoms with Crippen molar-refractivity contribution in [2.24, 2.45) is 0 Å². The monoisotopic (exact) mass is 385 g/mol. The second-order valence-corrected chi connectivity index (χ2v) is 8.89. The molecule has 0 saturated carbocycles. The van der Waals surface area contributed by atoms with E-state index in [9.17, 15) is 8.42 Å². The van der Waals surface area contributed by atoms with Crippen LogP contribution in [0.15, 0.2) is 36.5 Å². The molecule has 2 aromatic heterocycles. The fourth-order valence-corrected chi connectivity index (χ4v) is 4.39. The lowest BCUT2D eigenvalue weighted by molar-refractivity contribution is 0.460. The number of aromatic nitrogens is 3. The minimum absolute atomic E-state index is 0.00320. The number of anilines is 1. The summed E-state index contributed by atoms with van der Waals surface area (Å²) in [6, 6.07) is 10.0. The summed E-state index contributed by atoms with van der Waals surface area (Å²) in [5, 5.41) is 0. The largest absolute Gasteiger partial charge is 0.356 e. The molecule has 2 N–H and O–H groups in total. The van der Waals surface area contributed by atoms with E-state index in [1.165, 1.54) is 6.26 Å². The van der Waals surface area contributed by atoms with Gasteiger partial charge in [0.1, 0.15) is 11.6 Å². The quantitative estimate of drug-likeness (QED) is 0.720. The molecule has 1 aliphatic rings. The number of fused-ring (bicyclic) bond motifs is 1. The van der Waals surface area contributed by atoms with Crippen LogP contribution in [0, 0.1) is 6.92 Å². The van der Waals surface area contributed by atoms with Crippen LogP contribution in [0.2, 0.25) is 0 Å². The number of benzene rings is 1. The number of sulfonamides is 1. The van der Waals surface area contributed by atoms with Gasteiger partial charge in [0.05, 0.1) is 17.3 Å². The summed E-state index contributed by atoms with van der Waals surface area (Å²) in [6.07, 6.45) is 4.62. The molecule has 0 unspecified atom stereocenters. The van der Waals surface area contributed by atoms with Crippen molar-refractivity contribution in [1.29, 1.82) is 0 Å². The minimum Gasteiger partial charge on any atom is -0.356 e. The van der Waals surface area contributed by atoms with Gasteiger partial charge in [-0.15, -0.1) is 0 Å². The average Bonchev–Trinajstić information content (AvgIpc) is 3.05. The number of rotatable bonds is 4. The molecule has 27 heavy (non-hydrogen) atoms. The molecule has 0 spiro atoms. The number of imidazole rings is 1. The highest BCUT2D eigenvalue weighted by Crippen LogP contribution is 2.27. The van der Waals surface area contributed by atoms with E-state index >= 15 is 0 Å². The number of piperidine rings is 1. The molecule has 1 aliphatic heterocycles. The third-order valence-corrected chi connectivity index (χ3v) is 5.69. The van der Waals surface area contributed by atoms with Crippen LogP contribution in [0.4, 0.5) is 5.82 Å². The van der Waals surface area contributed by atoms with E-state index in [2.05, 4.69) is 25.7 Å². The van der Waals surface area contributed by atoms with Gasteiger partial charge >= 0.3 is 0 Å². The molecule has 0 radical (unpaired) electrons. The molecule has 0 amide bonds. The van der Waals surface area contributed by atoms with Crippen molar-refractivity contribution < 1.29 is 8.42 Å². The Hall–Kier alpha value is -2.45. The zero-order valence-corrected chi connectivity index (χ0v) is 16.3. The normalized spacial score (nSPS) is 16.1. The van der Waals surface area contributed by atoms with Crippen molar-refractivity contribution in [3.05, 3.63) is 42.1 Å². The van der Waals surface area contributed by atoms with Gasteiger partial charge < -0.3 is 9.88 Å². The Morgan fingerprint density at radius 3 is 2.67 bits per heavy atom. The minimum atomic E-state index is -3.16. The van der Waals surface area contributed by atoms with Crippen molar-refractivity contribution in [1.82, 2.24) is 19.7 Å². The highest BCUT2D eigenvalue weighted by atomic mass is 32.2. The number of hydrogen-bond donors (Lipinski definition) is 2. The zero-order valence-electron chi connectivity index (χ0n) is 15.4. The van der Waals surface area contributed by atoms with Gasteiger partial charge in [0.2, 0.25) is 10.0 Å². The molecule has 0 bridgehead atoms. The van der Waals surface area contributed by atoms with E-state index in [0.717, 1.165) is 59.7 Å². The average molecular weight is 385 g/mol. The number of para-hydroxylation sites is 2. The summed E-state index contributed by atoms with van der Waals surface area (Å²) < 4.78 is 25.5. The Labute approximate surface area is 158 Å². The first-order chi connectivity index (χ1) is 12.9. The predicted molar refractivity (Wildman–Crippen MR) is 107 cm³/mol. The van der Waals surface area contributed by atoms with Crippen molar-refractivity contribution in [2.45, 2.75) is 25.8 Å². The Bertz CT molecular complexity index is 1040. The fourth-order valence-electron chi connectivity index (χ4n) is 3.55. The third kappa shape index (κ3) is 3.96. The van der Waals surface area contributed by atoms with Gasteiger partial charge in [-0.2, -0.15) is 0 Å². The zero-order chi connectivity index (χ0) is 19.0. The maximum atomic E-state index is 11.4. The molecular weight excluding hydrogens is 362 g/mol. The third-order valence-electron chi connectivity index (χ3n) is 4.93. The summed E-state index contributed by atoms with van der Waals surface area (Å²) in [6.45, 7) is 3.56. The van der Waals surface area contributed by atoms with Gasteiger partial charge in [-0.05, 0) is 43.5 Å². The van der Waals surface area contributed by atoms with Crippen molar-refractivity contribution in [3.8, 4) is 11.4 Å². The predicted octanol–water partition coefficient (Wildman–Crippen LogP) is 2.45. The molecule has 1 fully saturated rings. The van der Waals surface area contributed by atoms with Gasteiger partial charge in [0.15, 0.2) is 0 Å². The van der Waals surface area contributed by atoms with Gasteiger partial charge in [0.25, 0.3) is 0 Å². The maximum absolute atomic E-state index is 11.4. The molecule has 4 rings (SSSR count). The highest BCUT2D eigenvalue weighted by molar-refractivity contribution is 7.88. The number of H-pyrrole nitrogens is 1. The van der Waals surface area contributed by atoms with Crippen LogP contribution < -0.4 is 9.62 Å². The van der Waals surface area contributed by atoms with Crippen LogP contribution in [0.1, 0.15) is 18.4 Å². The topological polar surface area (TPSA) is 91.0 Å². The van der Waals surface area contributed by atoms with Crippen LogP contribution in [-0.4, -0.2) is 48.8 Å². The summed E-state index contributed by atoms with van der Waals surface area (Å²) >= 11 is 0. The van der Waals surface area contributed by atoms with Gasteiger partial charge in [0, 0.05) is 30.9 Å². The van der Waals surface area contributed by atoms with E-state index in [4.69, 9.17) is 4.98 Å². The van der Waals surface area contributed by atoms with E-state index in [1.54, 1.807) is 0 Å². The number of aromatic amines is 1. The molecule has 1 aromatic carbocycles. The molecule has 7 nitrogen and oxygen atoms in total. The maximum Gasteiger partial charge on any atom is 0.208 e. The van der Waals surface area contributed by atoms with Crippen LogP contribution in [0.25, 0.3) is 22.4 Å². The second kappa shape index (κ2) is 6.94. The van der Waals surface area contributed by atoms with Crippen molar-refractivity contribution in [3.63, 3.8) is 0 Å². The lowest BCUT2D eigenvalue weighted by Gasteiger charge is -2.33. The van der Waals surface area contributed by atoms with E-state index < -0.39 is 10.0 Å². The van der Waals surface area contributed by atoms with Crippen LogP contribution in [-0.2, 0) is 10.0 Å². The Morgan fingerprint density at radius 2 is 1.96 bits per heavy atom. The number of hydrogen-bond acceptors (Lipinski definition) is 5. The number of pyridine rings is 1. The second-order valence-electron chi connectivity index (χ2n) is 7.11. The molecule has 0 atom stereocenters. The Kier molecular flexibility index (Phi) is 4.61. The van der Waals surface area contributed by atoms with E-state index in [-0.39, 0.29) is 6.04 Å². The SMILES string of the molecule is Cc1cnc(N2CCC(NS(C)(=O)=O)CC2)cc1-c1nc2ccccc2[nH]1. The molecule has 1 saturated heterocycles. The number of nitrogens with zero attached hydrogens (tertiary/aromatic N) is 3. The highest BCUT2D eigenvalue weighted by Gasteiger charge is 2.23. The van der Waals surface area contributed by atoms with Gasteiger partial charge in [-0.1, -0.05) is 12.1 Å². The lowest BCUT2D eigenvalue weighted by Crippen LogP contribution is -2.44. The molecule has 0 aliphatic carbocycles. The summed E-state index contributed by atoms with van der Waals surface area (Å²) in [5.41, 5.74) is 4.05. The van der Waals surface area contributed by atoms with Gasteiger partial charge in [-0.25, -0.2) is 23.1 Å². The lowest BCUT2D eigenvalue weighted by atomic mass is 10.1. The van der Waals surface area contributed by atoms with Crippen LogP contribution in [0.3, 0.4) is 0 Å². The summed E-state index contributed by atoms with van der Waals surface area (Å²) in [4.78, 5) is 14.9. The molecule has 8 heteroatoms. The van der Waals surface area contributed by atoms with Crippen molar-refractivity contribution >= 4 is 26.9 Å². The first kappa shape index (κ1) is 17.9. The fraction of sp³-hybridized carbons (Fsp3) is 0.368. The van der Waals surface area contributed by atoms with E-state index in [0.29, 0.717) is 0 Å². The Balaban J connectivity index is 1.56. The number of nitrogens with one attached hydrogen (secondary N) is 2. The van der Waals surface area contributed by atoms with Crippen LogP contribution in [0.5, 0.6) is 0 Å². The molecular formula is C19H23N5O2S. The van der Waals surface area contributed by atoms with Crippen LogP contribution >= 0.6 is 0 Å². The first-order valence-electron chi connectivity index (χ1n) is 9.03. The standard InChI is InChI=1S/C19H23N5O2S/c1-13-12-20-18(24-9-7-14(8-10-24)23-27(2,25)26)11-15(13)19-21-16-5-3-4-6-17(16)22-19/h3-6,11-12,14,23H,7-10H2,1-2H3,(H,21,22). The van der Waals surface area contributed by atoms with Gasteiger partial charge in [-0.3, -0.25) is 0 Å². The van der Waals surface area contributed by atoms with Crippen molar-refractivity contribution in [2.75, 3.05) is 24.2 Å². The Morgan fingerprint density at radius 1 is 1.22 bits per heavy atom. The smallest absolute Gasteiger partial charge is 0.208 e. The summed E-state index contributed by atoms with van der Waals surface area (Å²) in [5.74, 6) is 1.74. The first-order valence-corrected chi connectivity index (χ1v) is 10.9. The molecule has 3 heterocycles. The molecule has 142 valence electrons. The van der Waals surface area contributed by atoms with E-state index in [1.807, 2.05) is 37.4 Å². The molecule has 3 aromatic rings. The number of aryl methyl sites for hydroxylation is 1.